The van der Waals surface area contributed by atoms with Crippen LogP contribution in [0.5, 0.6) is 0 Å². The van der Waals surface area contributed by atoms with Gasteiger partial charge in [-0.25, -0.2) is 4.79 Å². The van der Waals surface area contributed by atoms with Crippen molar-refractivity contribution in [2.45, 2.75) is 6.92 Å². The quantitative estimate of drug-likeness (QED) is 0.836. The molecule has 0 aliphatic heterocycles. The smallest absolute Gasteiger partial charge is 0.356 e. The van der Waals surface area contributed by atoms with Gasteiger partial charge in [-0.2, -0.15) is 5.10 Å². The lowest BCUT2D eigenvalue weighted by Crippen LogP contribution is -1.99. The third-order valence-corrected chi connectivity index (χ3v) is 2.45. The number of carbonyl (C=O) groups is 1. The van der Waals surface area contributed by atoms with Gasteiger partial charge in [0.2, 0.25) is 0 Å². The highest BCUT2D eigenvalue weighted by molar-refractivity contribution is 5.87. The van der Waals surface area contributed by atoms with Gasteiger partial charge >= 0.3 is 5.97 Å². The summed E-state index contributed by atoms with van der Waals surface area (Å²) >= 11 is 0. The van der Waals surface area contributed by atoms with Crippen molar-refractivity contribution in [2.75, 3.05) is 0 Å². The van der Waals surface area contributed by atoms with Crippen molar-refractivity contribution < 1.29 is 9.90 Å². The third kappa shape index (κ3) is 1.82. The van der Waals surface area contributed by atoms with Crippen molar-refractivity contribution in [2.24, 2.45) is 7.05 Å². The fraction of sp³-hybridized carbons (Fsp3) is 0.167. The average molecular weight is 216 g/mol. The number of aromatic carboxylic acids is 1. The predicted molar refractivity (Wildman–Crippen MR) is 60.3 cm³/mol. The summed E-state index contributed by atoms with van der Waals surface area (Å²) in [6.45, 7) is 2.01. The first kappa shape index (κ1) is 10.4. The lowest BCUT2D eigenvalue weighted by Gasteiger charge is -2.01. The van der Waals surface area contributed by atoms with Gasteiger partial charge in [-0.15, -0.1) is 0 Å². The van der Waals surface area contributed by atoms with Crippen molar-refractivity contribution >= 4 is 5.97 Å². The molecule has 0 atom stereocenters. The highest BCUT2D eigenvalue weighted by Crippen LogP contribution is 2.20. The summed E-state index contributed by atoms with van der Waals surface area (Å²) in [5, 5.41) is 12.8. The molecule has 0 bridgehead atoms. The number of aromatic nitrogens is 2. The van der Waals surface area contributed by atoms with Crippen LogP contribution in [-0.4, -0.2) is 20.9 Å². The van der Waals surface area contributed by atoms with Crippen LogP contribution >= 0.6 is 0 Å². The molecule has 0 spiro atoms. The van der Waals surface area contributed by atoms with Crippen LogP contribution in [0.4, 0.5) is 0 Å². The number of hydrogen-bond donors (Lipinski definition) is 1. The Bertz CT molecular complexity index is 526. The summed E-state index contributed by atoms with van der Waals surface area (Å²) in [7, 11) is 1.74. The third-order valence-electron chi connectivity index (χ3n) is 2.45. The standard InChI is InChI=1S/C12H12N2O2/c1-8-3-5-9(6-4-8)11-7-10(12(15)16)13-14(11)2/h3-7H,1-2H3,(H,15,16). The highest BCUT2D eigenvalue weighted by atomic mass is 16.4. The second-order valence-corrected chi connectivity index (χ2v) is 3.71. The Balaban J connectivity index is 2.47. The van der Waals surface area contributed by atoms with Gasteiger partial charge in [0.05, 0.1) is 5.69 Å². The summed E-state index contributed by atoms with van der Waals surface area (Å²) in [5.41, 5.74) is 3.01. The van der Waals surface area contributed by atoms with Gasteiger partial charge in [0.1, 0.15) is 0 Å². The maximum atomic E-state index is 10.8. The van der Waals surface area contributed by atoms with E-state index in [1.54, 1.807) is 17.8 Å². The maximum absolute atomic E-state index is 10.8. The van der Waals surface area contributed by atoms with E-state index >= 15 is 0 Å². The van der Waals surface area contributed by atoms with Crippen LogP contribution in [-0.2, 0) is 7.05 Å². The molecule has 0 radical (unpaired) electrons. The lowest BCUT2D eigenvalue weighted by molar-refractivity contribution is 0.0689. The Labute approximate surface area is 93.1 Å². The van der Waals surface area contributed by atoms with Gasteiger partial charge in [0.25, 0.3) is 0 Å². The molecule has 1 aromatic carbocycles. The molecular weight excluding hydrogens is 204 g/mol. The van der Waals surface area contributed by atoms with E-state index < -0.39 is 5.97 Å². The van der Waals surface area contributed by atoms with E-state index in [1.165, 1.54) is 5.56 Å². The summed E-state index contributed by atoms with van der Waals surface area (Å²) in [5.74, 6) is -1.01. The number of nitrogens with zero attached hydrogens (tertiary/aromatic N) is 2. The minimum absolute atomic E-state index is 0.0677. The molecule has 0 fully saturated rings. The van der Waals surface area contributed by atoms with E-state index in [2.05, 4.69) is 5.10 Å². The van der Waals surface area contributed by atoms with Crippen LogP contribution in [0.1, 0.15) is 16.1 Å². The van der Waals surface area contributed by atoms with Gasteiger partial charge in [0, 0.05) is 7.05 Å². The van der Waals surface area contributed by atoms with Crippen molar-refractivity contribution in [3.8, 4) is 11.3 Å². The van der Waals surface area contributed by atoms with E-state index in [-0.39, 0.29) is 5.69 Å². The highest BCUT2D eigenvalue weighted by Gasteiger charge is 2.11. The molecule has 2 rings (SSSR count). The fourth-order valence-electron chi connectivity index (χ4n) is 1.57. The van der Waals surface area contributed by atoms with Gasteiger partial charge in [0.15, 0.2) is 5.69 Å². The summed E-state index contributed by atoms with van der Waals surface area (Å²) < 4.78 is 1.58. The number of carboxylic acid groups (broad SMARTS) is 1. The predicted octanol–water partition coefficient (Wildman–Crippen LogP) is 2.09. The minimum atomic E-state index is -1.01. The number of aryl methyl sites for hydroxylation is 2. The molecule has 0 unspecified atom stereocenters. The Morgan fingerprint density at radius 1 is 1.31 bits per heavy atom. The van der Waals surface area contributed by atoms with Crippen LogP contribution in [0, 0.1) is 6.92 Å². The Morgan fingerprint density at radius 2 is 1.94 bits per heavy atom. The molecule has 0 saturated carbocycles. The second kappa shape index (κ2) is 3.81. The Kier molecular flexibility index (Phi) is 2.48. The van der Waals surface area contributed by atoms with E-state index in [1.807, 2.05) is 31.2 Å². The average Bonchev–Trinajstić information content (AvgIpc) is 2.62. The zero-order valence-electron chi connectivity index (χ0n) is 9.14. The zero-order chi connectivity index (χ0) is 11.7. The maximum Gasteiger partial charge on any atom is 0.356 e. The Hall–Kier alpha value is -2.10. The van der Waals surface area contributed by atoms with E-state index in [0.717, 1.165) is 11.3 Å². The van der Waals surface area contributed by atoms with E-state index in [9.17, 15) is 4.79 Å². The number of hydrogen-bond acceptors (Lipinski definition) is 2. The monoisotopic (exact) mass is 216 g/mol. The number of rotatable bonds is 2. The molecule has 4 heteroatoms. The van der Waals surface area contributed by atoms with Gasteiger partial charge < -0.3 is 5.11 Å². The SMILES string of the molecule is Cc1ccc(-c2cc(C(=O)O)nn2C)cc1. The molecule has 0 aliphatic carbocycles. The molecule has 16 heavy (non-hydrogen) atoms. The van der Waals surface area contributed by atoms with Crippen LogP contribution in [0.25, 0.3) is 11.3 Å². The first-order valence-electron chi connectivity index (χ1n) is 4.92. The van der Waals surface area contributed by atoms with Gasteiger partial charge in [-0.3, -0.25) is 4.68 Å². The Morgan fingerprint density at radius 3 is 2.44 bits per heavy atom. The fourth-order valence-corrected chi connectivity index (χ4v) is 1.57. The van der Waals surface area contributed by atoms with Crippen molar-refractivity contribution in [3.63, 3.8) is 0 Å². The summed E-state index contributed by atoms with van der Waals surface area (Å²) in [6, 6.07) is 9.47. The summed E-state index contributed by atoms with van der Waals surface area (Å²) in [4.78, 5) is 10.8. The first-order valence-corrected chi connectivity index (χ1v) is 4.92. The second-order valence-electron chi connectivity index (χ2n) is 3.71. The molecule has 1 aromatic heterocycles. The molecule has 0 amide bonds. The molecule has 1 N–H and O–H groups in total. The van der Waals surface area contributed by atoms with Gasteiger partial charge in [-0.05, 0) is 18.6 Å². The van der Waals surface area contributed by atoms with Crippen LogP contribution in [0.15, 0.2) is 30.3 Å². The van der Waals surface area contributed by atoms with Crippen molar-refractivity contribution in [1.82, 2.24) is 9.78 Å². The number of carboxylic acids is 1. The number of benzene rings is 1. The van der Waals surface area contributed by atoms with Crippen LogP contribution < -0.4 is 0 Å². The molecule has 0 aliphatic rings. The first-order chi connectivity index (χ1) is 7.58. The van der Waals surface area contributed by atoms with Crippen LogP contribution in [0.3, 0.4) is 0 Å². The zero-order valence-corrected chi connectivity index (χ0v) is 9.14. The molecule has 0 saturated heterocycles. The normalized spacial score (nSPS) is 10.4. The van der Waals surface area contributed by atoms with E-state index in [4.69, 9.17) is 5.11 Å². The molecule has 1 heterocycles. The molecular formula is C12H12N2O2. The van der Waals surface area contributed by atoms with Crippen molar-refractivity contribution in [1.29, 1.82) is 0 Å². The van der Waals surface area contributed by atoms with Gasteiger partial charge in [-0.1, -0.05) is 29.8 Å². The minimum Gasteiger partial charge on any atom is -0.476 e. The topological polar surface area (TPSA) is 55.1 Å². The largest absolute Gasteiger partial charge is 0.476 e. The van der Waals surface area contributed by atoms with E-state index in [0.29, 0.717) is 0 Å². The van der Waals surface area contributed by atoms with Crippen molar-refractivity contribution in [3.05, 3.63) is 41.6 Å². The molecule has 2 aromatic rings. The lowest BCUT2D eigenvalue weighted by atomic mass is 10.1. The van der Waals surface area contributed by atoms with Crippen LogP contribution in [0.2, 0.25) is 0 Å². The molecule has 82 valence electrons. The molecule has 4 nitrogen and oxygen atoms in total. The summed E-state index contributed by atoms with van der Waals surface area (Å²) in [6.07, 6.45) is 0.